The van der Waals surface area contributed by atoms with Crippen molar-refractivity contribution in [3.63, 3.8) is 0 Å². The molecular formula is C13H28O3Si. The van der Waals surface area contributed by atoms with Gasteiger partial charge in [0.05, 0.1) is 12.2 Å². The first-order chi connectivity index (χ1) is 7.56. The monoisotopic (exact) mass is 260 g/mol. The SMILES string of the molecule is CO[C@H]([C@@H](C)C=O)[C@@H](C)O[Si](C)(C)C(C)(C)C. The van der Waals surface area contributed by atoms with Gasteiger partial charge in [0.25, 0.3) is 0 Å². The Labute approximate surface area is 107 Å². The number of hydrogen-bond acceptors (Lipinski definition) is 3. The molecule has 0 aromatic carbocycles. The first kappa shape index (κ1) is 16.8. The Bertz CT molecular complexity index is 246. The summed E-state index contributed by atoms with van der Waals surface area (Å²) in [4.78, 5) is 10.8. The van der Waals surface area contributed by atoms with E-state index in [0.29, 0.717) is 0 Å². The van der Waals surface area contributed by atoms with Crippen molar-refractivity contribution in [2.75, 3.05) is 7.11 Å². The topological polar surface area (TPSA) is 35.5 Å². The Kier molecular flexibility index (Phi) is 6.05. The zero-order valence-electron chi connectivity index (χ0n) is 12.5. The van der Waals surface area contributed by atoms with Crippen molar-refractivity contribution in [3.8, 4) is 0 Å². The lowest BCUT2D eigenvalue weighted by molar-refractivity contribution is -0.117. The fourth-order valence-corrected chi connectivity index (χ4v) is 3.04. The first-order valence-corrected chi connectivity index (χ1v) is 9.13. The molecule has 0 rings (SSSR count). The second-order valence-electron chi connectivity index (χ2n) is 6.28. The van der Waals surface area contributed by atoms with Gasteiger partial charge in [-0.25, -0.2) is 0 Å². The molecule has 17 heavy (non-hydrogen) atoms. The fourth-order valence-electron chi connectivity index (χ4n) is 1.62. The molecule has 0 heterocycles. The van der Waals surface area contributed by atoms with Crippen LogP contribution in [0.3, 0.4) is 0 Å². The summed E-state index contributed by atoms with van der Waals surface area (Å²) in [6.45, 7) is 14.9. The third kappa shape index (κ3) is 4.52. The van der Waals surface area contributed by atoms with E-state index in [0.717, 1.165) is 6.29 Å². The highest BCUT2D eigenvalue weighted by Gasteiger charge is 2.40. The molecular weight excluding hydrogens is 232 g/mol. The predicted molar refractivity (Wildman–Crippen MR) is 73.8 cm³/mol. The van der Waals surface area contributed by atoms with Gasteiger partial charge in [-0.2, -0.15) is 0 Å². The summed E-state index contributed by atoms with van der Waals surface area (Å²) in [7, 11) is -0.166. The van der Waals surface area contributed by atoms with Crippen LogP contribution in [0, 0.1) is 5.92 Å². The second kappa shape index (κ2) is 6.11. The van der Waals surface area contributed by atoms with Crippen LogP contribution in [0.1, 0.15) is 34.6 Å². The molecule has 0 spiro atoms. The number of aldehydes is 1. The lowest BCUT2D eigenvalue weighted by Crippen LogP contribution is -2.48. The largest absolute Gasteiger partial charge is 0.412 e. The summed E-state index contributed by atoms with van der Waals surface area (Å²) >= 11 is 0. The van der Waals surface area contributed by atoms with Gasteiger partial charge < -0.3 is 14.0 Å². The quantitative estimate of drug-likeness (QED) is 0.543. The Morgan fingerprint density at radius 3 is 1.94 bits per heavy atom. The lowest BCUT2D eigenvalue weighted by atomic mass is 10.0. The first-order valence-electron chi connectivity index (χ1n) is 6.22. The average Bonchev–Trinajstić information content (AvgIpc) is 2.15. The van der Waals surface area contributed by atoms with E-state index < -0.39 is 8.32 Å². The standard InChI is InChI=1S/C13H28O3Si/c1-10(9-14)12(15-6)11(2)16-17(7,8)13(3,4)5/h9-12H,1-8H3/t10-,11+,12+/m0/s1. The molecule has 0 radical (unpaired) electrons. The molecule has 0 fully saturated rings. The van der Waals surface area contributed by atoms with Crippen molar-refractivity contribution in [3.05, 3.63) is 0 Å². The summed E-state index contributed by atoms with van der Waals surface area (Å²) in [5.74, 6) is -0.139. The van der Waals surface area contributed by atoms with Crippen molar-refractivity contribution in [1.82, 2.24) is 0 Å². The third-order valence-electron chi connectivity index (χ3n) is 3.75. The smallest absolute Gasteiger partial charge is 0.192 e. The fraction of sp³-hybridized carbons (Fsp3) is 0.923. The molecule has 0 saturated carbocycles. The van der Waals surface area contributed by atoms with Crippen LogP contribution in [0.2, 0.25) is 18.1 Å². The average molecular weight is 260 g/mol. The number of carbonyl (C=O) groups excluding carboxylic acids is 1. The highest BCUT2D eigenvalue weighted by Crippen LogP contribution is 2.38. The van der Waals surface area contributed by atoms with Gasteiger partial charge in [0, 0.05) is 13.0 Å². The van der Waals surface area contributed by atoms with E-state index in [1.165, 1.54) is 0 Å². The lowest BCUT2D eigenvalue weighted by Gasteiger charge is -2.40. The molecule has 4 heteroatoms. The Morgan fingerprint density at radius 2 is 1.65 bits per heavy atom. The minimum absolute atomic E-state index is 0.0545. The van der Waals surface area contributed by atoms with Crippen molar-refractivity contribution >= 4 is 14.6 Å². The van der Waals surface area contributed by atoms with Crippen LogP contribution in [-0.2, 0) is 14.0 Å². The van der Waals surface area contributed by atoms with E-state index in [1.54, 1.807) is 7.11 Å². The van der Waals surface area contributed by atoms with Gasteiger partial charge >= 0.3 is 0 Å². The highest BCUT2D eigenvalue weighted by atomic mass is 28.4. The van der Waals surface area contributed by atoms with E-state index in [-0.39, 0.29) is 23.2 Å². The van der Waals surface area contributed by atoms with Gasteiger partial charge in [-0.05, 0) is 25.1 Å². The minimum atomic E-state index is -1.80. The van der Waals surface area contributed by atoms with Gasteiger partial charge in [-0.15, -0.1) is 0 Å². The molecule has 3 nitrogen and oxygen atoms in total. The summed E-state index contributed by atoms with van der Waals surface area (Å²) in [5.41, 5.74) is 0. The normalized spacial score (nSPS) is 18.6. The van der Waals surface area contributed by atoms with Crippen LogP contribution in [0.5, 0.6) is 0 Å². The Hall–Kier alpha value is -0.193. The van der Waals surface area contributed by atoms with E-state index in [2.05, 4.69) is 33.9 Å². The number of ether oxygens (including phenoxy) is 1. The highest BCUT2D eigenvalue weighted by molar-refractivity contribution is 6.74. The maximum absolute atomic E-state index is 10.8. The molecule has 102 valence electrons. The van der Waals surface area contributed by atoms with Gasteiger partial charge in [0.15, 0.2) is 8.32 Å². The molecule has 0 unspecified atom stereocenters. The summed E-state index contributed by atoms with van der Waals surface area (Å²) in [6, 6.07) is 0. The van der Waals surface area contributed by atoms with Crippen LogP contribution in [0.25, 0.3) is 0 Å². The molecule has 0 aromatic rings. The molecule has 0 bridgehead atoms. The molecule has 0 aromatic heterocycles. The number of methoxy groups -OCH3 is 1. The maximum Gasteiger partial charge on any atom is 0.192 e. The molecule has 0 saturated heterocycles. The molecule has 0 N–H and O–H groups in total. The van der Waals surface area contributed by atoms with E-state index >= 15 is 0 Å². The Morgan fingerprint density at radius 1 is 1.18 bits per heavy atom. The van der Waals surface area contributed by atoms with Crippen LogP contribution >= 0.6 is 0 Å². The zero-order chi connectivity index (χ0) is 13.9. The van der Waals surface area contributed by atoms with Crippen LogP contribution in [-0.4, -0.2) is 33.9 Å². The molecule has 0 aliphatic carbocycles. The molecule has 3 atom stereocenters. The second-order valence-corrected chi connectivity index (χ2v) is 11.0. The van der Waals surface area contributed by atoms with Gasteiger partial charge in [0.1, 0.15) is 6.29 Å². The van der Waals surface area contributed by atoms with Crippen molar-refractivity contribution in [2.45, 2.75) is 65.0 Å². The maximum atomic E-state index is 10.8. The summed E-state index contributed by atoms with van der Waals surface area (Å²) in [6.07, 6.45) is 0.711. The third-order valence-corrected chi connectivity index (χ3v) is 8.33. The van der Waals surface area contributed by atoms with E-state index in [9.17, 15) is 4.79 Å². The van der Waals surface area contributed by atoms with Gasteiger partial charge in [-0.1, -0.05) is 27.7 Å². The van der Waals surface area contributed by atoms with Crippen LogP contribution in [0.15, 0.2) is 0 Å². The number of hydrogen-bond donors (Lipinski definition) is 0. The van der Waals surface area contributed by atoms with Crippen LogP contribution in [0.4, 0.5) is 0 Å². The van der Waals surface area contributed by atoms with Gasteiger partial charge in [-0.3, -0.25) is 0 Å². The molecule has 0 aliphatic heterocycles. The van der Waals surface area contributed by atoms with Gasteiger partial charge in [0.2, 0.25) is 0 Å². The number of carbonyl (C=O) groups is 1. The zero-order valence-corrected chi connectivity index (χ0v) is 13.5. The van der Waals surface area contributed by atoms with E-state index in [4.69, 9.17) is 9.16 Å². The Balaban J connectivity index is 4.72. The predicted octanol–water partition coefficient (Wildman–Crippen LogP) is 3.25. The minimum Gasteiger partial charge on any atom is -0.412 e. The summed E-state index contributed by atoms with van der Waals surface area (Å²) < 4.78 is 11.6. The van der Waals surface area contributed by atoms with Crippen molar-refractivity contribution in [2.24, 2.45) is 5.92 Å². The summed E-state index contributed by atoms with van der Waals surface area (Å²) in [5, 5.41) is 0.171. The van der Waals surface area contributed by atoms with Crippen molar-refractivity contribution < 1.29 is 14.0 Å². The van der Waals surface area contributed by atoms with E-state index in [1.807, 2.05) is 13.8 Å². The van der Waals surface area contributed by atoms with Crippen molar-refractivity contribution in [1.29, 1.82) is 0 Å². The number of rotatable bonds is 6. The van der Waals surface area contributed by atoms with Crippen LogP contribution < -0.4 is 0 Å². The molecule has 0 amide bonds. The molecule has 0 aliphatic rings.